The first-order valence-corrected chi connectivity index (χ1v) is 6.13. The van der Waals surface area contributed by atoms with Crippen molar-refractivity contribution >= 4 is 17.8 Å². The van der Waals surface area contributed by atoms with E-state index in [0.717, 1.165) is 0 Å². The molecule has 1 aromatic rings. The molecule has 1 aliphatic rings. The first kappa shape index (κ1) is 14.2. The third-order valence-corrected chi connectivity index (χ3v) is 2.98. The Morgan fingerprint density at radius 2 is 2.30 bits per heavy atom. The summed E-state index contributed by atoms with van der Waals surface area (Å²) in [4.78, 5) is 35.9. The molecule has 0 saturated carbocycles. The zero-order valence-corrected chi connectivity index (χ0v) is 10.7. The fraction of sp³-hybridized carbons (Fsp3) is 0.417. The van der Waals surface area contributed by atoms with Crippen LogP contribution in [0.5, 0.6) is 0 Å². The lowest BCUT2D eigenvalue weighted by atomic mass is 10.2. The fourth-order valence-electron chi connectivity index (χ4n) is 2.00. The molecule has 2 amide bonds. The summed E-state index contributed by atoms with van der Waals surface area (Å²) >= 11 is 0. The van der Waals surface area contributed by atoms with Gasteiger partial charge in [-0.15, -0.1) is 0 Å². The third kappa shape index (κ3) is 3.43. The number of furan rings is 1. The highest BCUT2D eigenvalue weighted by molar-refractivity contribution is 6.03. The van der Waals surface area contributed by atoms with Crippen molar-refractivity contribution in [2.45, 2.75) is 6.04 Å². The molecule has 1 fully saturated rings. The standard InChI is InChI=1S/C12H15N3O5/c16-10(14-11(17)9-2-1-5-20-9)7-15-4-3-13-6-8(15)12(18)19/h1-2,5,8,13H,3-4,6-7H2,(H,18,19)(H,14,16,17). The molecule has 0 radical (unpaired) electrons. The number of carbonyl (C=O) groups is 3. The predicted octanol–water partition coefficient (Wildman–Crippen LogP) is -1.11. The molecule has 0 spiro atoms. The van der Waals surface area contributed by atoms with Crippen LogP contribution in [0.2, 0.25) is 0 Å². The van der Waals surface area contributed by atoms with E-state index in [1.54, 1.807) is 0 Å². The molecule has 3 N–H and O–H groups in total. The van der Waals surface area contributed by atoms with E-state index in [4.69, 9.17) is 9.52 Å². The Balaban J connectivity index is 1.90. The van der Waals surface area contributed by atoms with Gasteiger partial charge in [-0.25, -0.2) is 0 Å². The molecule has 1 atom stereocenters. The first-order chi connectivity index (χ1) is 9.58. The van der Waals surface area contributed by atoms with Crippen molar-refractivity contribution in [3.8, 4) is 0 Å². The smallest absolute Gasteiger partial charge is 0.322 e. The van der Waals surface area contributed by atoms with Crippen LogP contribution >= 0.6 is 0 Å². The SMILES string of the molecule is O=C(CN1CCNCC1C(=O)O)NC(=O)c1ccco1. The van der Waals surface area contributed by atoms with Crippen molar-refractivity contribution in [1.82, 2.24) is 15.5 Å². The highest BCUT2D eigenvalue weighted by atomic mass is 16.4. The van der Waals surface area contributed by atoms with Crippen molar-refractivity contribution in [3.63, 3.8) is 0 Å². The van der Waals surface area contributed by atoms with Gasteiger partial charge in [-0.2, -0.15) is 0 Å². The second-order valence-corrected chi connectivity index (χ2v) is 4.38. The van der Waals surface area contributed by atoms with Crippen LogP contribution in [0.3, 0.4) is 0 Å². The maximum absolute atomic E-state index is 11.8. The van der Waals surface area contributed by atoms with Gasteiger partial charge in [0.05, 0.1) is 12.8 Å². The van der Waals surface area contributed by atoms with E-state index in [-0.39, 0.29) is 18.8 Å². The maximum Gasteiger partial charge on any atom is 0.322 e. The molecule has 0 aromatic carbocycles. The Morgan fingerprint density at radius 3 is 2.95 bits per heavy atom. The summed E-state index contributed by atoms with van der Waals surface area (Å²) in [5, 5.41) is 14.2. The van der Waals surface area contributed by atoms with E-state index in [2.05, 4.69) is 10.6 Å². The highest BCUT2D eigenvalue weighted by Gasteiger charge is 2.30. The molecule has 20 heavy (non-hydrogen) atoms. The van der Waals surface area contributed by atoms with Crippen molar-refractivity contribution in [1.29, 1.82) is 0 Å². The zero-order valence-electron chi connectivity index (χ0n) is 10.7. The minimum Gasteiger partial charge on any atom is -0.480 e. The molecule has 1 aliphatic heterocycles. The molecule has 1 aromatic heterocycles. The number of carbonyl (C=O) groups excluding carboxylic acids is 2. The van der Waals surface area contributed by atoms with E-state index in [0.29, 0.717) is 13.1 Å². The molecule has 2 rings (SSSR count). The summed E-state index contributed by atoms with van der Waals surface area (Å²) in [5.41, 5.74) is 0. The number of aliphatic carboxylic acids is 1. The summed E-state index contributed by atoms with van der Waals surface area (Å²) < 4.78 is 4.86. The van der Waals surface area contributed by atoms with Crippen LogP contribution in [0.25, 0.3) is 0 Å². The van der Waals surface area contributed by atoms with E-state index in [1.165, 1.54) is 23.3 Å². The number of nitrogens with zero attached hydrogens (tertiary/aromatic N) is 1. The van der Waals surface area contributed by atoms with Crippen LogP contribution in [0.15, 0.2) is 22.8 Å². The van der Waals surface area contributed by atoms with E-state index in [1.807, 2.05) is 0 Å². The molecule has 0 bridgehead atoms. The number of hydrogen-bond donors (Lipinski definition) is 3. The molecule has 8 nitrogen and oxygen atoms in total. The van der Waals surface area contributed by atoms with Crippen LogP contribution in [-0.4, -0.2) is 60.0 Å². The Labute approximate surface area is 114 Å². The summed E-state index contributed by atoms with van der Waals surface area (Å²) in [5.74, 6) is -2.16. The van der Waals surface area contributed by atoms with Gasteiger partial charge in [-0.05, 0) is 12.1 Å². The number of imide groups is 1. The summed E-state index contributed by atoms with van der Waals surface area (Å²) in [7, 11) is 0. The van der Waals surface area contributed by atoms with Gasteiger partial charge in [0.2, 0.25) is 5.91 Å². The lowest BCUT2D eigenvalue weighted by Crippen LogP contribution is -2.57. The number of piperazine rings is 1. The van der Waals surface area contributed by atoms with Gasteiger partial charge in [0.25, 0.3) is 5.91 Å². The Bertz CT molecular complexity index is 499. The molecule has 108 valence electrons. The lowest BCUT2D eigenvalue weighted by molar-refractivity contribution is -0.144. The number of amides is 2. The van der Waals surface area contributed by atoms with Crippen LogP contribution < -0.4 is 10.6 Å². The molecule has 2 heterocycles. The maximum atomic E-state index is 11.8. The quantitative estimate of drug-likeness (QED) is 0.642. The normalized spacial score (nSPS) is 19.5. The average molecular weight is 281 g/mol. The summed E-state index contributed by atoms with van der Waals surface area (Å²) in [6.45, 7) is 1.16. The highest BCUT2D eigenvalue weighted by Crippen LogP contribution is 2.04. The zero-order chi connectivity index (χ0) is 14.5. The van der Waals surface area contributed by atoms with E-state index in [9.17, 15) is 14.4 Å². The van der Waals surface area contributed by atoms with Gasteiger partial charge < -0.3 is 14.8 Å². The molecular weight excluding hydrogens is 266 g/mol. The Morgan fingerprint density at radius 1 is 1.50 bits per heavy atom. The summed E-state index contributed by atoms with van der Waals surface area (Å²) in [6.07, 6.45) is 1.33. The van der Waals surface area contributed by atoms with Crippen molar-refractivity contribution in [2.75, 3.05) is 26.2 Å². The molecule has 0 aliphatic carbocycles. The van der Waals surface area contributed by atoms with Crippen molar-refractivity contribution in [3.05, 3.63) is 24.2 Å². The predicted molar refractivity (Wildman–Crippen MR) is 67.0 cm³/mol. The number of rotatable bonds is 4. The van der Waals surface area contributed by atoms with Gasteiger partial charge in [-0.3, -0.25) is 24.6 Å². The van der Waals surface area contributed by atoms with Gasteiger partial charge in [0, 0.05) is 19.6 Å². The van der Waals surface area contributed by atoms with Crippen LogP contribution in [-0.2, 0) is 9.59 Å². The monoisotopic (exact) mass is 281 g/mol. The molecular formula is C12H15N3O5. The van der Waals surface area contributed by atoms with Crippen LogP contribution in [0, 0.1) is 0 Å². The molecule has 1 saturated heterocycles. The lowest BCUT2D eigenvalue weighted by Gasteiger charge is -2.32. The average Bonchev–Trinajstić information content (AvgIpc) is 2.92. The van der Waals surface area contributed by atoms with E-state index >= 15 is 0 Å². The minimum absolute atomic E-state index is 0.0356. The summed E-state index contributed by atoms with van der Waals surface area (Å²) in [6, 6.07) is 2.21. The van der Waals surface area contributed by atoms with Gasteiger partial charge in [-0.1, -0.05) is 0 Å². The third-order valence-electron chi connectivity index (χ3n) is 2.98. The largest absolute Gasteiger partial charge is 0.480 e. The van der Waals surface area contributed by atoms with Gasteiger partial charge in [0.15, 0.2) is 5.76 Å². The number of nitrogens with one attached hydrogen (secondary N) is 2. The Hall–Kier alpha value is -2.19. The topological polar surface area (TPSA) is 112 Å². The van der Waals surface area contributed by atoms with Crippen LogP contribution in [0.4, 0.5) is 0 Å². The van der Waals surface area contributed by atoms with E-state index < -0.39 is 23.8 Å². The second kappa shape index (κ2) is 6.31. The number of carboxylic acid groups (broad SMARTS) is 1. The molecule has 1 unspecified atom stereocenters. The van der Waals surface area contributed by atoms with Crippen LogP contribution in [0.1, 0.15) is 10.6 Å². The second-order valence-electron chi connectivity index (χ2n) is 4.38. The Kier molecular flexibility index (Phi) is 4.49. The molecule has 8 heteroatoms. The number of carboxylic acids is 1. The number of hydrogen-bond acceptors (Lipinski definition) is 6. The van der Waals surface area contributed by atoms with Gasteiger partial charge in [0.1, 0.15) is 6.04 Å². The van der Waals surface area contributed by atoms with Crippen molar-refractivity contribution < 1.29 is 23.9 Å². The minimum atomic E-state index is -0.998. The fourth-order valence-corrected chi connectivity index (χ4v) is 2.00. The van der Waals surface area contributed by atoms with Gasteiger partial charge >= 0.3 is 5.97 Å². The first-order valence-electron chi connectivity index (χ1n) is 6.13. The van der Waals surface area contributed by atoms with Crippen molar-refractivity contribution in [2.24, 2.45) is 0 Å².